The molecule has 2 rings (SSSR count). The zero-order valence-corrected chi connectivity index (χ0v) is 15.8. The fourth-order valence-corrected chi connectivity index (χ4v) is 4.31. The van der Waals surface area contributed by atoms with E-state index >= 15 is 0 Å². The summed E-state index contributed by atoms with van der Waals surface area (Å²) in [5, 5.41) is 2.75. The smallest absolute Gasteiger partial charge is 0.223 e. The van der Waals surface area contributed by atoms with Crippen LogP contribution in [-0.2, 0) is 14.8 Å². The van der Waals surface area contributed by atoms with Crippen LogP contribution in [0.4, 0.5) is 5.82 Å². The van der Waals surface area contributed by atoms with Crippen molar-refractivity contribution >= 4 is 21.7 Å². The maximum absolute atomic E-state index is 12.5. The summed E-state index contributed by atoms with van der Waals surface area (Å²) in [7, 11) is -3.35. The van der Waals surface area contributed by atoms with Crippen LogP contribution in [0.1, 0.15) is 26.7 Å². The van der Waals surface area contributed by atoms with Crippen LogP contribution < -0.4 is 10.2 Å². The van der Waals surface area contributed by atoms with Crippen LogP contribution in [0.3, 0.4) is 0 Å². The van der Waals surface area contributed by atoms with Crippen molar-refractivity contribution in [3.8, 4) is 0 Å². The molecule has 0 bridgehead atoms. The van der Waals surface area contributed by atoms with E-state index in [0.29, 0.717) is 26.2 Å². The van der Waals surface area contributed by atoms with E-state index < -0.39 is 10.0 Å². The highest BCUT2D eigenvalue weighted by Crippen LogP contribution is 2.14. The van der Waals surface area contributed by atoms with E-state index in [1.54, 1.807) is 6.20 Å². The third kappa shape index (κ3) is 5.40. The van der Waals surface area contributed by atoms with Gasteiger partial charge in [-0.05, 0) is 25.0 Å². The number of nitrogens with zero attached hydrogens (tertiary/aromatic N) is 3. The van der Waals surface area contributed by atoms with Crippen molar-refractivity contribution in [2.45, 2.75) is 26.7 Å². The molecule has 0 aliphatic carbocycles. The molecule has 140 valence electrons. The number of sulfonamides is 1. The molecule has 1 aromatic rings. The molecular weight excluding hydrogens is 340 g/mol. The molecule has 1 aliphatic heterocycles. The van der Waals surface area contributed by atoms with Crippen molar-refractivity contribution in [2.75, 3.05) is 43.4 Å². The average molecular weight is 369 g/mol. The minimum atomic E-state index is -3.35. The van der Waals surface area contributed by atoms with Crippen molar-refractivity contribution in [3.05, 3.63) is 24.4 Å². The van der Waals surface area contributed by atoms with Gasteiger partial charge in [0.05, 0.1) is 5.75 Å². The van der Waals surface area contributed by atoms with Gasteiger partial charge in [0, 0.05) is 44.8 Å². The first-order chi connectivity index (χ1) is 12.0. The Hall–Kier alpha value is -1.67. The molecule has 0 saturated carbocycles. The molecule has 8 heteroatoms. The normalized spacial score (nSPS) is 16.2. The number of pyridine rings is 1. The molecule has 2 heterocycles. The Morgan fingerprint density at radius 2 is 1.88 bits per heavy atom. The maximum Gasteiger partial charge on any atom is 0.223 e. The zero-order chi connectivity index (χ0) is 18.3. The molecule has 1 aromatic heterocycles. The Kier molecular flexibility index (Phi) is 7.19. The Morgan fingerprint density at radius 3 is 2.44 bits per heavy atom. The van der Waals surface area contributed by atoms with Gasteiger partial charge in [0.2, 0.25) is 15.9 Å². The summed E-state index contributed by atoms with van der Waals surface area (Å²) in [6, 6.07) is 5.71. The topological polar surface area (TPSA) is 82.6 Å². The summed E-state index contributed by atoms with van der Waals surface area (Å²) < 4.78 is 26.4. The molecular formula is C17H28N4O3S. The largest absolute Gasteiger partial charge is 0.355 e. The Bertz CT molecular complexity index is 639. The number of carbonyl (C=O) groups is 1. The fourth-order valence-electron chi connectivity index (χ4n) is 2.97. The van der Waals surface area contributed by atoms with E-state index in [2.05, 4.69) is 15.2 Å². The van der Waals surface area contributed by atoms with Crippen LogP contribution >= 0.6 is 0 Å². The summed E-state index contributed by atoms with van der Waals surface area (Å²) >= 11 is 0. The van der Waals surface area contributed by atoms with Gasteiger partial charge in [-0.15, -0.1) is 0 Å². The van der Waals surface area contributed by atoms with Crippen molar-refractivity contribution in [3.63, 3.8) is 0 Å². The van der Waals surface area contributed by atoms with Crippen molar-refractivity contribution in [2.24, 2.45) is 5.92 Å². The Morgan fingerprint density at radius 1 is 1.20 bits per heavy atom. The third-order valence-corrected chi connectivity index (χ3v) is 6.49. The lowest BCUT2D eigenvalue weighted by molar-refractivity contribution is -0.125. The second-order valence-electron chi connectivity index (χ2n) is 6.19. The molecule has 0 unspecified atom stereocenters. The van der Waals surface area contributed by atoms with Crippen LogP contribution in [0, 0.1) is 5.92 Å². The molecule has 0 aromatic carbocycles. The second kappa shape index (κ2) is 9.15. The number of anilines is 1. The predicted octanol–water partition coefficient (Wildman–Crippen LogP) is 1.09. The SMILES string of the molecule is CCC(CC)C(=O)NCCS(=O)(=O)N1CCN(c2ccccn2)CC1. The lowest BCUT2D eigenvalue weighted by Gasteiger charge is -2.34. The van der Waals surface area contributed by atoms with Crippen LogP contribution in [0.2, 0.25) is 0 Å². The number of aromatic nitrogens is 1. The first-order valence-corrected chi connectivity index (χ1v) is 10.5. The van der Waals surface area contributed by atoms with Gasteiger partial charge in [0.25, 0.3) is 0 Å². The zero-order valence-electron chi connectivity index (χ0n) is 15.0. The quantitative estimate of drug-likeness (QED) is 0.743. The van der Waals surface area contributed by atoms with Crippen molar-refractivity contribution in [1.29, 1.82) is 0 Å². The average Bonchev–Trinajstić information content (AvgIpc) is 2.63. The number of carbonyl (C=O) groups excluding carboxylic acids is 1. The van der Waals surface area contributed by atoms with Crippen LogP contribution in [0.25, 0.3) is 0 Å². The second-order valence-corrected chi connectivity index (χ2v) is 8.28. The molecule has 0 spiro atoms. The number of nitrogens with one attached hydrogen (secondary N) is 1. The van der Waals surface area contributed by atoms with Crippen LogP contribution in [0.15, 0.2) is 24.4 Å². The molecule has 25 heavy (non-hydrogen) atoms. The van der Waals surface area contributed by atoms with Gasteiger partial charge in [-0.2, -0.15) is 4.31 Å². The van der Waals surface area contributed by atoms with E-state index in [9.17, 15) is 13.2 Å². The van der Waals surface area contributed by atoms with Crippen molar-refractivity contribution in [1.82, 2.24) is 14.6 Å². The lowest BCUT2D eigenvalue weighted by atomic mass is 10.0. The van der Waals surface area contributed by atoms with E-state index in [0.717, 1.165) is 18.7 Å². The molecule has 1 amide bonds. The van der Waals surface area contributed by atoms with Gasteiger partial charge in [0.1, 0.15) is 5.82 Å². The monoisotopic (exact) mass is 368 g/mol. The van der Waals surface area contributed by atoms with E-state index in [1.807, 2.05) is 32.0 Å². The summed E-state index contributed by atoms with van der Waals surface area (Å²) in [6.45, 7) is 6.22. The predicted molar refractivity (Wildman–Crippen MR) is 98.9 cm³/mol. The first kappa shape index (κ1) is 19.7. The van der Waals surface area contributed by atoms with E-state index in [1.165, 1.54) is 4.31 Å². The molecule has 0 radical (unpaired) electrons. The third-order valence-electron chi connectivity index (χ3n) is 4.62. The van der Waals surface area contributed by atoms with Gasteiger partial charge in [-0.25, -0.2) is 13.4 Å². The highest BCUT2D eigenvalue weighted by Gasteiger charge is 2.27. The molecule has 1 aliphatic rings. The summed E-state index contributed by atoms with van der Waals surface area (Å²) in [6.07, 6.45) is 3.27. The standard InChI is InChI=1S/C17H28N4O3S/c1-3-15(4-2)17(22)19-9-14-25(23,24)21-12-10-20(11-13-21)16-7-5-6-8-18-16/h5-8,15H,3-4,9-14H2,1-2H3,(H,19,22). The molecule has 0 atom stereocenters. The van der Waals surface area contributed by atoms with Gasteiger partial charge >= 0.3 is 0 Å². The number of piperazine rings is 1. The molecule has 1 N–H and O–H groups in total. The van der Waals surface area contributed by atoms with Crippen LogP contribution in [-0.4, -0.2) is 62.1 Å². The van der Waals surface area contributed by atoms with Gasteiger partial charge in [-0.1, -0.05) is 19.9 Å². The molecule has 7 nitrogen and oxygen atoms in total. The van der Waals surface area contributed by atoms with Gasteiger partial charge in [-0.3, -0.25) is 4.79 Å². The highest BCUT2D eigenvalue weighted by molar-refractivity contribution is 7.89. The van der Waals surface area contributed by atoms with E-state index in [-0.39, 0.29) is 24.1 Å². The van der Waals surface area contributed by atoms with E-state index in [4.69, 9.17) is 0 Å². The Balaban J connectivity index is 1.80. The maximum atomic E-state index is 12.5. The summed E-state index contributed by atoms with van der Waals surface area (Å²) in [5.41, 5.74) is 0. The highest BCUT2D eigenvalue weighted by atomic mass is 32.2. The summed E-state index contributed by atoms with van der Waals surface area (Å²) in [5.74, 6) is 0.726. The Labute approximate surface area is 150 Å². The van der Waals surface area contributed by atoms with Gasteiger partial charge in [0.15, 0.2) is 0 Å². The van der Waals surface area contributed by atoms with Crippen LogP contribution in [0.5, 0.6) is 0 Å². The minimum Gasteiger partial charge on any atom is -0.355 e. The fraction of sp³-hybridized carbons (Fsp3) is 0.647. The summed E-state index contributed by atoms with van der Waals surface area (Å²) in [4.78, 5) is 18.3. The number of hydrogen-bond donors (Lipinski definition) is 1. The number of amides is 1. The van der Waals surface area contributed by atoms with Gasteiger partial charge < -0.3 is 10.2 Å². The molecule has 1 fully saturated rings. The number of rotatable bonds is 8. The first-order valence-electron chi connectivity index (χ1n) is 8.89. The lowest BCUT2D eigenvalue weighted by Crippen LogP contribution is -2.50. The molecule has 1 saturated heterocycles. The number of hydrogen-bond acceptors (Lipinski definition) is 5. The van der Waals surface area contributed by atoms with Crippen molar-refractivity contribution < 1.29 is 13.2 Å². The minimum absolute atomic E-state index is 0.0374.